The van der Waals surface area contributed by atoms with E-state index in [-0.39, 0.29) is 22.7 Å². The Bertz CT molecular complexity index is 1340. The number of pyridine rings is 1. The topological polar surface area (TPSA) is 51.1 Å². The molecule has 1 heterocycles. The predicted octanol–water partition coefficient (Wildman–Crippen LogP) is 5.46. The molecule has 0 saturated carbocycles. The highest BCUT2D eigenvalue weighted by atomic mass is 19.1. The minimum absolute atomic E-state index is 0.165. The number of halogens is 2. The molecule has 4 rings (SSSR count). The molecule has 0 bridgehead atoms. The van der Waals surface area contributed by atoms with E-state index < -0.39 is 28.8 Å². The first kappa shape index (κ1) is 21.4. The maximum absolute atomic E-state index is 14.6. The molecule has 6 heteroatoms. The van der Waals surface area contributed by atoms with Crippen LogP contribution < -0.4 is 10.9 Å². The maximum atomic E-state index is 14.6. The second kappa shape index (κ2) is 8.75. The molecule has 3 aromatic carbocycles. The second-order valence-corrected chi connectivity index (χ2v) is 7.56. The van der Waals surface area contributed by atoms with Crippen molar-refractivity contribution in [3.63, 3.8) is 0 Å². The van der Waals surface area contributed by atoms with Gasteiger partial charge in [0.15, 0.2) is 0 Å². The number of amides is 1. The lowest BCUT2D eigenvalue weighted by molar-refractivity contribution is 0.0936. The van der Waals surface area contributed by atoms with Crippen LogP contribution in [-0.2, 0) is 0 Å². The van der Waals surface area contributed by atoms with Crippen molar-refractivity contribution in [3.8, 4) is 5.69 Å². The van der Waals surface area contributed by atoms with Crippen LogP contribution in [-0.4, -0.2) is 10.5 Å². The van der Waals surface area contributed by atoms with Crippen molar-refractivity contribution in [1.82, 2.24) is 9.88 Å². The van der Waals surface area contributed by atoms with Gasteiger partial charge >= 0.3 is 0 Å². The van der Waals surface area contributed by atoms with E-state index in [4.69, 9.17) is 0 Å². The van der Waals surface area contributed by atoms with E-state index in [1.807, 2.05) is 37.3 Å². The van der Waals surface area contributed by atoms with Crippen LogP contribution in [0.5, 0.6) is 0 Å². The summed E-state index contributed by atoms with van der Waals surface area (Å²) in [7, 11) is 0. The highest BCUT2D eigenvalue weighted by Gasteiger charge is 2.24. The second-order valence-electron chi connectivity index (χ2n) is 7.56. The lowest BCUT2D eigenvalue weighted by atomic mass is 10.0. The summed E-state index contributed by atoms with van der Waals surface area (Å²) in [4.78, 5) is 26.7. The number of carbonyl (C=O) groups excluding carboxylic acids is 1. The van der Waals surface area contributed by atoms with Crippen molar-refractivity contribution >= 4 is 16.7 Å². The summed E-state index contributed by atoms with van der Waals surface area (Å²) in [5.41, 5.74) is 0.229. The molecule has 162 valence electrons. The Kier molecular flexibility index (Phi) is 5.86. The van der Waals surface area contributed by atoms with Crippen molar-refractivity contribution in [2.24, 2.45) is 0 Å². The highest BCUT2D eigenvalue weighted by molar-refractivity contribution is 6.08. The molecule has 4 aromatic rings. The first-order valence-electron chi connectivity index (χ1n) is 10.4. The van der Waals surface area contributed by atoms with E-state index >= 15 is 0 Å². The number of fused-ring (bicyclic) bond motifs is 1. The van der Waals surface area contributed by atoms with Gasteiger partial charge in [0.1, 0.15) is 17.3 Å². The number of carbonyl (C=O) groups is 1. The van der Waals surface area contributed by atoms with Crippen LogP contribution in [0.4, 0.5) is 8.78 Å². The molecular formula is C26H22F2N2O2. The van der Waals surface area contributed by atoms with Gasteiger partial charge in [0, 0.05) is 16.5 Å². The van der Waals surface area contributed by atoms with Gasteiger partial charge in [-0.25, -0.2) is 8.78 Å². The van der Waals surface area contributed by atoms with E-state index in [0.29, 0.717) is 11.8 Å². The van der Waals surface area contributed by atoms with Gasteiger partial charge in [0.25, 0.3) is 11.5 Å². The Morgan fingerprint density at radius 1 is 0.906 bits per heavy atom. The Hall–Kier alpha value is -3.80. The number of nitrogens with one attached hydrogen (secondary N) is 1. The van der Waals surface area contributed by atoms with Crippen LogP contribution in [0.25, 0.3) is 16.5 Å². The van der Waals surface area contributed by atoms with Gasteiger partial charge in [-0.15, -0.1) is 0 Å². The zero-order chi connectivity index (χ0) is 22.8. The smallest absolute Gasteiger partial charge is 0.263 e. The molecule has 0 unspecified atom stereocenters. The number of hydrogen-bond acceptors (Lipinski definition) is 2. The molecule has 0 aliphatic rings. The average Bonchev–Trinajstić information content (AvgIpc) is 2.80. The summed E-state index contributed by atoms with van der Waals surface area (Å²) in [5.74, 6) is -2.18. The molecule has 0 fully saturated rings. The number of aromatic nitrogens is 1. The summed E-state index contributed by atoms with van der Waals surface area (Å²) in [6.45, 7) is 3.48. The van der Waals surface area contributed by atoms with Crippen LogP contribution in [0.15, 0.2) is 77.6 Å². The van der Waals surface area contributed by atoms with Gasteiger partial charge in [-0.2, -0.15) is 0 Å². The van der Waals surface area contributed by atoms with Crippen molar-refractivity contribution in [1.29, 1.82) is 0 Å². The molecule has 1 N–H and O–H groups in total. The number of hydrogen-bond donors (Lipinski definition) is 1. The van der Waals surface area contributed by atoms with E-state index in [2.05, 4.69) is 5.32 Å². The normalized spacial score (nSPS) is 12.0. The molecule has 0 radical (unpaired) electrons. The van der Waals surface area contributed by atoms with Crippen molar-refractivity contribution in [2.45, 2.75) is 26.3 Å². The lowest BCUT2D eigenvalue weighted by Gasteiger charge is -2.21. The van der Waals surface area contributed by atoms with E-state index in [0.717, 1.165) is 22.3 Å². The number of rotatable bonds is 5. The molecule has 1 amide bonds. The van der Waals surface area contributed by atoms with Gasteiger partial charge in [-0.1, -0.05) is 61.5 Å². The molecular weight excluding hydrogens is 410 g/mol. The molecule has 0 aliphatic heterocycles. The minimum atomic E-state index is -0.882. The van der Waals surface area contributed by atoms with Crippen molar-refractivity contribution in [3.05, 3.63) is 112 Å². The third-order valence-corrected chi connectivity index (χ3v) is 5.63. The third kappa shape index (κ3) is 3.68. The quantitative estimate of drug-likeness (QED) is 0.455. The number of para-hydroxylation sites is 1. The highest BCUT2D eigenvalue weighted by Crippen LogP contribution is 2.26. The SMILES string of the molecule is CC[C@H](NC(=O)c1c(C)n(-c2c(F)cccc2F)c(=O)c2ccccc12)c1ccccc1. The Balaban J connectivity index is 1.93. The fourth-order valence-corrected chi connectivity index (χ4v) is 4.06. The summed E-state index contributed by atoms with van der Waals surface area (Å²) < 4.78 is 30.2. The Labute approximate surface area is 184 Å². The van der Waals surface area contributed by atoms with Crippen LogP contribution in [0.2, 0.25) is 0 Å². The van der Waals surface area contributed by atoms with E-state index in [9.17, 15) is 18.4 Å². The van der Waals surface area contributed by atoms with Gasteiger partial charge in [-0.3, -0.25) is 14.2 Å². The molecule has 32 heavy (non-hydrogen) atoms. The first-order chi connectivity index (χ1) is 15.4. The third-order valence-electron chi connectivity index (χ3n) is 5.63. The average molecular weight is 432 g/mol. The molecule has 0 saturated heterocycles. The van der Waals surface area contributed by atoms with Crippen molar-refractivity contribution in [2.75, 3.05) is 0 Å². The van der Waals surface area contributed by atoms with E-state index in [1.54, 1.807) is 24.3 Å². The van der Waals surface area contributed by atoms with E-state index in [1.165, 1.54) is 13.0 Å². The monoisotopic (exact) mass is 432 g/mol. The van der Waals surface area contributed by atoms with Gasteiger partial charge in [0.05, 0.1) is 11.6 Å². The van der Waals surface area contributed by atoms with Crippen molar-refractivity contribution < 1.29 is 13.6 Å². The van der Waals surface area contributed by atoms with Gasteiger partial charge in [0.2, 0.25) is 0 Å². The van der Waals surface area contributed by atoms with Crippen LogP contribution in [0, 0.1) is 18.6 Å². The molecule has 0 spiro atoms. The first-order valence-corrected chi connectivity index (χ1v) is 10.4. The minimum Gasteiger partial charge on any atom is -0.345 e. The number of benzene rings is 3. The molecule has 0 aliphatic carbocycles. The zero-order valence-corrected chi connectivity index (χ0v) is 17.7. The summed E-state index contributed by atoms with van der Waals surface area (Å²) in [6.07, 6.45) is 0.647. The maximum Gasteiger partial charge on any atom is 0.263 e. The Morgan fingerprint density at radius 2 is 1.50 bits per heavy atom. The standard InChI is InChI=1S/C26H22F2N2O2/c1-3-22(17-10-5-4-6-11-17)29-25(31)23-16(2)30(24-20(27)14-9-15-21(24)28)26(32)19-13-8-7-12-18(19)23/h4-15,22H,3H2,1-2H3,(H,29,31)/t22-/m0/s1. The lowest BCUT2D eigenvalue weighted by Crippen LogP contribution is -2.32. The summed E-state index contributed by atoms with van der Waals surface area (Å²) in [6, 6.07) is 19.3. The fraction of sp³-hybridized carbons (Fsp3) is 0.154. The molecule has 1 atom stereocenters. The van der Waals surface area contributed by atoms with Crippen LogP contribution in [0.1, 0.15) is 41.0 Å². The van der Waals surface area contributed by atoms with Crippen LogP contribution >= 0.6 is 0 Å². The summed E-state index contributed by atoms with van der Waals surface area (Å²) >= 11 is 0. The molecule has 4 nitrogen and oxygen atoms in total. The molecule has 1 aromatic heterocycles. The predicted molar refractivity (Wildman–Crippen MR) is 121 cm³/mol. The van der Waals surface area contributed by atoms with Crippen LogP contribution in [0.3, 0.4) is 0 Å². The van der Waals surface area contributed by atoms with Gasteiger partial charge < -0.3 is 5.32 Å². The van der Waals surface area contributed by atoms with Gasteiger partial charge in [-0.05, 0) is 37.1 Å². The zero-order valence-electron chi connectivity index (χ0n) is 17.7. The Morgan fingerprint density at radius 3 is 2.12 bits per heavy atom. The largest absolute Gasteiger partial charge is 0.345 e. The number of nitrogens with zero attached hydrogens (tertiary/aromatic N) is 1. The fourth-order valence-electron chi connectivity index (χ4n) is 4.06. The summed E-state index contributed by atoms with van der Waals surface area (Å²) in [5, 5.41) is 3.66.